The lowest BCUT2D eigenvalue weighted by Gasteiger charge is -2.39. The highest BCUT2D eigenvalue weighted by molar-refractivity contribution is 5.96. The monoisotopic (exact) mass is 359 g/mol. The Bertz CT molecular complexity index is 649. The third-order valence-corrected chi connectivity index (χ3v) is 5.61. The third-order valence-electron chi connectivity index (χ3n) is 5.61. The van der Waals surface area contributed by atoms with Gasteiger partial charge in [-0.15, -0.1) is 0 Å². The lowest BCUT2D eigenvalue weighted by Crippen LogP contribution is -2.47. The van der Waals surface area contributed by atoms with E-state index in [4.69, 9.17) is 4.74 Å². The summed E-state index contributed by atoms with van der Waals surface area (Å²) in [6, 6.07) is 7.62. The van der Waals surface area contributed by atoms with Gasteiger partial charge in [0.1, 0.15) is 0 Å². The van der Waals surface area contributed by atoms with Crippen LogP contribution >= 0.6 is 0 Å². The van der Waals surface area contributed by atoms with E-state index in [1.807, 2.05) is 29.2 Å². The van der Waals surface area contributed by atoms with Crippen molar-refractivity contribution in [2.75, 3.05) is 52.3 Å². The van der Waals surface area contributed by atoms with Crippen LogP contribution in [0, 0.1) is 5.41 Å². The molecule has 1 aliphatic carbocycles. The molecule has 1 aromatic carbocycles. The van der Waals surface area contributed by atoms with Crippen molar-refractivity contribution in [2.24, 2.45) is 5.41 Å². The molecular weight excluding hydrogens is 330 g/mol. The van der Waals surface area contributed by atoms with Crippen molar-refractivity contribution in [3.63, 3.8) is 0 Å². The van der Waals surface area contributed by atoms with Crippen LogP contribution in [0.2, 0.25) is 0 Å². The van der Waals surface area contributed by atoms with Crippen molar-refractivity contribution < 1.29 is 14.3 Å². The average molecular weight is 359 g/mol. The smallest absolute Gasteiger partial charge is 0.232 e. The molecular formula is C20H29N3O3. The summed E-state index contributed by atoms with van der Waals surface area (Å²) < 4.78 is 5.24. The molecule has 0 unspecified atom stereocenters. The maximum absolute atomic E-state index is 12.6. The molecule has 26 heavy (non-hydrogen) atoms. The fraction of sp³-hybridized carbons (Fsp3) is 0.600. The molecule has 0 radical (unpaired) electrons. The number of methoxy groups -OCH3 is 1. The van der Waals surface area contributed by atoms with Crippen LogP contribution in [0.1, 0.15) is 24.8 Å². The summed E-state index contributed by atoms with van der Waals surface area (Å²) >= 11 is 0. The summed E-state index contributed by atoms with van der Waals surface area (Å²) in [6.45, 7) is 3.86. The molecule has 1 aromatic rings. The second-order valence-corrected chi connectivity index (χ2v) is 7.58. The summed E-state index contributed by atoms with van der Waals surface area (Å²) in [7, 11) is 3.71. The molecule has 0 aromatic heterocycles. The maximum Gasteiger partial charge on any atom is 0.232 e. The van der Waals surface area contributed by atoms with Crippen LogP contribution in [0.25, 0.3) is 0 Å². The molecule has 3 rings (SSSR count). The van der Waals surface area contributed by atoms with Crippen molar-refractivity contribution in [1.29, 1.82) is 0 Å². The van der Waals surface area contributed by atoms with E-state index in [9.17, 15) is 9.59 Å². The largest absolute Gasteiger partial charge is 0.384 e. The highest BCUT2D eigenvalue weighted by Crippen LogP contribution is 2.42. The number of anilines is 1. The molecule has 2 aliphatic rings. The summed E-state index contributed by atoms with van der Waals surface area (Å²) in [5.74, 6) is 0.171. The number of piperazine rings is 1. The zero-order chi connectivity index (χ0) is 18.6. The van der Waals surface area contributed by atoms with Gasteiger partial charge >= 0.3 is 0 Å². The number of likely N-dealkylation sites (N-methyl/N-ethyl adjacent to an activating group) is 1. The number of hydrogen-bond acceptors (Lipinski definition) is 4. The first kappa shape index (κ1) is 18.9. The third kappa shape index (κ3) is 4.24. The molecule has 1 saturated carbocycles. The SMILES string of the molecule is COCC1(C(=O)Nc2cccc(CC(=O)N3CCN(C)CC3)c2)CCC1. The average Bonchev–Trinajstić information content (AvgIpc) is 2.58. The number of hydrogen-bond donors (Lipinski definition) is 1. The molecule has 6 nitrogen and oxygen atoms in total. The van der Waals surface area contributed by atoms with Gasteiger partial charge in [0, 0.05) is 39.0 Å². The van der Waals surface area contributed by atoms with Crippen molar-refractivity contribution in [2.45, 2.75) is 25.7 Å². The molecule has 0 atom stereocenters. The van der Waals surface area contributed by atoms with Crippen LogP contribution in [-0.2, 0) is 20.7 Å². The second kappa shape index (κ2) is 8.18. The fourth-order valence-electron chi connectivity index (χ4n) is 3.68. The van der Waals surface area contributed by atoms with E-state index >= 15 is 0 Å². The first-order valence-electron chi connectivity index (χ1n) is 9.38. The zero-order valence-electron chi connectivity index (χ0n) is 15.8. The maximum atomic E-state index is 12.6. The Hall–Kier alpha value is -1.92. The van der Waals surface area contributed by atoms with Gasteiger partial charge in [-0.05, 0) is 37.6 Å². The number of nitrogens with zero attached hydrogens (tertiary/aromatic N) is 2. The van der Waals surface area contributed by atoms with Crippen LogP contribution in [0.3, 0.4) is 0 Å². The molecule has 142 valence electrons. The Morgan fingerprint density at radius 1 is 1.19 bits per heavy atom. The summed E-state index contributed by atoms with van der Waals surface area (Å²) in [5.41, 5.74) is 1.29. The molecule has 1 aliphatic heterocycles. The van der Waals surface area contributed by atoms with E-state index in [2.05, 4.69) is 17.3 Å². The summed E-state index contributed by atoms with van der Waals surface area (Å²) in [4.78, 5) is 29.3. The van der Waals surface area contributed by atoms with E-state index in [-0.39, 0.29) is 17.2 Å². The molecule has 0 bridgehead atoms. The van der Waals surface area contributed by atoms with Gasteiger partial charge in [0.2, 0.25) is 11.8 Å². The lowest BCUT2D eigenvalue weighted by atomic mass is 9.68. The standard InChI is InChI=1S/C20H29N3O3/c1-22-9-11-23(12-10-22)18(24)14-16-5-3-6-17(13-16)21-19(25)20(15-26-2)7-4-8-20/h3,5-6,13H,4,7-12,14-15H2,1-2H3,(H,21,25). The van der Waals surface area contributed by atoms with Gasteiger partial charge in [0.25, 0.3) is 0 Å². The minimum absolute atomic E-state index is 0.0214. The van der Waals surface area contributed by atoms with Crippen molar-refractivity contribution in [3.05, 3.63) is 29.8 Å². The Morgan fingerprint density at radius 3 is 2.54 bits per heavy atom. The number of nitrogens with one attached hydrogen (secondary N) is 1. The van der Waals surface area contributed by atoms with Gasteiger partial charge < -0.3 is 19.9 Å². The normalized spacial score (nSPS) is 19.7. The topological polar surface area (TPSA) is 61.9 Å². The van der Waals surface area contributed by atoms with E-state index in [0.717, 1.165) is 56.7 Å². The predicted molar refractivity (Wildman–Crippen MR) is 101 cm³/mol. The van der Waals surface area contributed by atoms with E-state index in [1.54, 1.807) is 7.11 Å². The number of benzene rings is 1. The highest BCUT2D eigenvalue weighted by atomic mass is 16.5. The number of rotatable bonds is 6. The van der Waals surface area contributed by atoms with Crippen LogP contribution in [0.5, 0.6) is 0 Å². The second-order valence-electron chi connectivity index (χ2n) is 7.58. The Labute approximate surface area is 155 Å². The van der Waals surface area contributed by atoms with Gasteiger partial charge in [-0.25, -0.2) is 0 Å². The molecule has 1 saturated heterocycles. The van der Waals surface area contributed by atoms with Crippen molar-refractivity contribution in [1.82, 2.24) is 9.80 Å². The Morgan fingerprint density at radius 2 is 1.92 bits per heavy atom. The molecule has 6 heteroatoms. The Balaban J connectivity index is 1.59. The van der Waals surface area contributed by atoms with Crippen LogP contribution in [0.4, 0.5) is 5.69 Å². The number of carbonyl (C=O) groups excluding carboxylic acids is 2. The van der Waals surface area contributed by atoms with Gasteiger partial charge in [-0.2, -0.15) is 0 Å². The van der Waals surface area contributed by atoms with E-state index in [1.165, 1.54) is 0 Å². The van der Waals surface area contributed by atoms with Gasteiger partial charge in [-0.1, -0.05) is 18.6 Å². The first-order chi connectivity index (χ1) is 12.5. The predicted octanol–water partition coefficient (Wildman–Crippen LogP) is 1.76. The first-order valence-corrected chi connectivity index (χ1v) is 9.38. The van der Waals surface area contributed by atoms with E-state index in [0.29, 0.717) is 13.0 Å². The quantitative estimate of drug-likeness (QED) is 0.841. The lowest BCUT2D eigenvalue weighted by molar-refractivity contribution is -0.134. The molecule has 2 amide bonds. The fourth-order valence-corrected chi connectivity index (χ4v) is 3.68. The van der Waals surface area contributed by atoms with Crippen LogP contribution in [0.15, 0.2) is 24.3 Å². The van der Waals surface area contributed by atoms with Gasteiger partial charge in [0.15, 0.2) is 0 Å². The minimum Gasteiger partial charge on any atom is -0.384 e. The van der Waals surface area contributed by atoms with Crippen molar-refractivity contribution >= 4 is 17.5 Å². The zero-order valence-corrected chi connectivity index (χ0v) is 15.8. The van der Waals surface area contributed by atoms with E-state index < -0.39 is 0 Å². The van der Waals surface area contributed by atoms with Crippen LogP contribution in [-0.4, -0.2) is 68.6 Å². The minimum atomic E-state index is -0.388. The van der Waals surface area contributed by atoms with Gasteiger partial charge in [0.05, 0.1) is 18.4 Å². The molecule has 2 fully saturated rings. The number of amides is 2. The van der Waals surface area contributed by atoms with Crippen molar-refractivity contribution in [3.8, 4) is 0 Å². The van der Waals surface area contributed by atoms with Crippen LogP contribution < -0.4 is 5.32 Å². The number of carbonyl (C=O) groups is 2. The molecule has 0 spiro atoms. The van der Waals surface area contributed by atoms with Gasteiger partial charge in [-0.3, -0.25) is 9.59 Å². The summed E-state index contributed by atoms with van der Waals surface area (Å²) in [6.07, 6.45) is 3.18. The molecule has 1 N–H and O–H groups in total. The summed E-state index contributed by atoms with van der Waals surface area (Å²) in [5, 5.41) is 3.02. The highest BCUT2D eigenvalue weighted by Gasteiger charge is 2.44. The molecule has 1 heterocycles. The Kier molecular flexibility index (Phi) is 5.94. The number of ether oxygens (including phenoxy) is 1.